The molecule has 1 aromatic carbocycles. The topological polar surface area (TPSA) is 57.6 Å². The Bertz CT molecular complexity index is 639. The van der Waals surface area contributed by atoms with Crippen molar-refractivity contribution in [2.45, 2.75) is 32.1 Å². The summed E-state index contributed by atoms with van der Waals surface area (Å²) in [6.45, 7) is 6.18. The molecule has 0 saturated carbocycles. The van der Waals surface area contributed by atoms with Gasteiger partial charge in [0.25, 0.3) is 0 Å². The van der Waals surface area contributed by atoms with Gasteiger partial charge in [-0.2, -0.15) is 0 Å². The fraction of sp³-hybridized carbons (Fsp3) is 0.500. The maximum Gasteiger partial charge on any atom is 0.244 e. The second kappa shape index (κ2) is 7.60. The summed E-state index contributed by atoms with van der Waals surface area (Å²) in [5.41, 5.74) is 1.36. The van der Waals surface area contributed by atoms with Crippen molar-refractivity contribution in [3.05, 3.63) is 29.3 Å². The van der Waals surface area contributed by atoms with E-state index in [0.29, 0.717) is 18.0 Å². The van der Waals surface area contributed by atoms with E-state index in [0.717, 1.165) is 12.0 Å². The van der Waals surface area contributed by atoms with Gasteiger partial charge in [0.05, 0.1) is 4.90 Å². The molecule has 4 nitrogen and oxygen atoms in total. The normalized spacial score (nSPS) is 11.6. The van der Waals surface area contributed by atoms with Gasteiger partial charge in [-0.25, -0.2) is 12.7 Å². The molecule has 0 atom stereocenters. The molecule has 0 spiro atoms. The monoisotopic (exact) mass is 309 g/mol. The summed E-state index contributed by atoms with van der Waals surface area (Å²) in [6, 6.07) is 5.07. The van der Waals surface area contributed by atoms with Crippen LogP contribution in [0.1, 0.15) is 31.4 Å². The van der Waals surface area contributed by atoms with Crippen LogP contribution >= 0.6 is 0 Å². The van der Waals surface area contributed by atoms with E-state index in [1.165, 1.54) is 4.31 Å². The molecule has 0 aliphatic rings. The lowest BCUT2D eigenvalue weighted by Gasteiger charge is -2.19. The third-order valence-corrected chi connectivity index (χ3v) is 5.06. The highest BCUT2D eigenvalue weighted by Crippen LogP contribution is 2.21. The Morgan fingerprint density at radius 2 is 2.00 bits per heavy atom. The van der Waals surface area contributed by atoms with Crippen LogP contribution in [-0.2, 0) is 10.0 Å². The van der Waals surface area contributed by atoms with Gasteiger partial charge in [-0.05, 0) is 37.0 Å². The number of hydrogen-bond donors (Lipinski definition) is 1. The highest BCUT2D eigenvalue weighted by Gasteiger charge is 2.23. The Hall–Kier alpha value is -1.35. The van der Waals surface area contributed by atoms with Crippen LogP contribution in [0.25, 0.3) is 0 Å². The molecule has 0 bridgehead atoms. The third-order valence-electron chi connectivity index (χ3n) is 3.15. The van der Waals surface area contributed by atoms with Crippen molar-refractivity contribution in [1.29, 1.82) is 0 Å². The molecular formula is C16H23NO3S. The zero-order chi connectivity index (χ0) is 16.0. The van der Waals surface area contributed by atoms with Crippen LogP contribution in [0.15, 0.2) is 23.1 Å². The maximum atomic E-state index is 12.6. The molecule has 5 heteroatoms. The largest absolute Gasteiger partial charge is 0.384 e. The van der Waals surface area contributed by atoms with Gasteiger partial charge in [-0.3, -0.25) is 0 Å². The van der Waals surface area contributed by atoms with Crippen molar-refractivity contribution >= 4 is 10.0 Å². The number of rotatable bonds is 5. The third kappa shape index (κ3) is 4.85. The Morgan fingerprint density at radius 3 is 2.57 bits per heavy atom. The van der Waals surface area contributed by atoms with Crippen molar-refractivity contribution in [3.63, 3.8) is 0 Å². The maximum absolute atomic E-state index is 12.6. The second-order valence-electron chi connectivity index (χ2n) is 5.47. The predicted molar refractivity (Wildman–Crippen MR) is 84.4 cm³/mol. The molecule has 0 amide bonds. The summed E-state index contributed by atoms with van der Waals surface area (Å²) >= 11 is 0. The van der Waals surface area contributed by atoms with Crippen LogP contribution in [-0.4, -0.2) is 38.0 Å². The number of aliphatic hydroxyl groups excluding tert-OH is 1. The predicted octanol–water partition coefficient (Wildman–Crippen LogP) is 2.01. The molecule has 0 aliphatic carbocycles. The van der Waals surface area contributed by atoms with Gasteiger partial charge in [-0.1, -0.05) is 31.8 Å². The zero-order valence-electron chi connectivity index (χ0n) is 13.0. The lowest BCUT2D eigenvalue weighted by Crippen LogP contribution is -2.29. The van der Waals surface area contributed by atoms with Crippen molar-refractivity contribution in [1.82, 2.24) is 4.31 Å². The molecule has 0 aromatic heterocycles. The molecule has 0 unspecified atom stereocenters. The van der Waals surface area contributed by atoms with Gasteiger partial charge in [-0.15, -0.1) is 0 Å². The van der Waals surface area contributed by atoms with Crippen molar-refractivity contribution < 1.29 is 13.5 Å². The molecule has 1 N–H and O–H groups in total. The smallest absolute Gasteiger partial charge is 0.244 e. The van der Waals surface area contributed by atoms with Gasteiger partial charge >= 0.3 is 0 Å². The van der Waals surface area contributed by atoms with Crippen molar-refractivity contribution in [3.8, 4) is 11.8 Å². The zero-order valence-corrected chi connectivity index (χ0v) is 13.9. The number of benzene rings is 1. The summed E-state index contributed by atoms with van der Waals surface area (Å²) in [4.78, 5) is 0.195. The van der Waals surface area contributed by atoms with E-state index in [4.69, 9.17) is 5.11 Å². The average Bonchev–Trinajstić information content (AvgIpc) is 2.42. The molecule has 116 valence electrons. The highest BCUT2D eigenvalue weighted by molar-refractivity contribution is 7.89. The SMILES string of the molecule is Cc1ccc(S(=O)(=O)N(C)CCC(C)C)c(C#CCO)c1. The second-order valence-corrected chi connectivity index (χ2v) is 7.48. The minimum atomic E-state index is -3.56. The average molecular weight is 309 g/mol. The summed E-state index contributed by atoms with van der Waals surface area (Å²) in [5, 5.41) is 8.81. The Morgan fingerprint density at radius 1 is 1.33 bits per heavy atom. The number of nitrogens with zero attached hydrogens (tertiary/aromatic N) is 1. The molecular weight excluding hydrogens is 286 g/mol. The molecule has 0 aliphatic heterocycles. The first kappa shape index (κ1) is 17.7. The number of sulfonamides is 1. The van der Waals surface area contributed by atoms with Crippen LogP contribution in [0.3, 0.4) is 0 Å². The van der Waals surface area contributed by atoms with E-state index in [1.807, 2.05) is 6.92 Å². The van der Waals surface area contributed by atoms with Crippen LogP contribution in [0, 0.1) is 24.7 Å². The van der Waals surface area contributed by atoms with E-state index in [2.05, 4.69) is 25.7 Å². The van der Waals surface area contributed by atoms with E-state index in [-0.39, 0.29) is 11.5 Å². The van der Waals surface area contributed by atoms with Crippen LogP contribution < -0.4 is 0 Å². The summed E-state index contributed by atoms with van der Waals surface area (Å²) in [7, 11) is -1.98. The number of aryl methyl sites for hydroxylation is 1. The minimum absolute atomic E-state index is 0.195. The molecule has 0 fully saturated rings. The summed E-state index contributed by atoms with van der Waals surface area (Å²) in [6.07, 6.45) is 0.805. The van der Waals surface area contributed by atoms with Gasteiger partial charge in [0.15, 0.2) is 0 Å². The Balaban J connectivity index is 3.18. The van der Waals surface area contributed by atoms with E-state index < -0.39 is 10.0 Å². The van der Waals surface area contributed by atoms with Crippen LogP contribution in [0.4, 0.5) is 0 Å². The molecule has 1 rings (SSSR count). The minimum Gasteiger partial charge on any atom is -0.384 e. The first-order chi connectivity index (χ1) is 9.78. The lowest BCUT2D eigenvalue weighted by atomic mass is 10.1. The van der Waals surface area contributed by atoms with Gasteiger partial charge < -0.3 is 5.11 Å². The Kier molecular flexibility index (Phi) is 6.41. The van der Waals surface area contributed by atoms with Crippen molar-refractivity contribution in [2.24, 2.45) is 5.92 Å². The first-order valence-corrected chi connectivity index (χ1v) is 8.39. The van der Waals surface area contributed by atoms with Gasteiger partial charge in [0, 0.05) is 19.2 Å². The van der Waals surface area contributed by atoms with Crippen LogP contribution in [0.2, 0.25) is 0 Å². The first-order valence-electron chi connectivity index (χ1n) is 6.95. The Labute approximate surface area is 127 Å². The highest BCUT2D eigenvalue weighted by atomic mass is 32.2. The van der Waals surface area contributed by atoms with Gasteiger partial charge in [0.2, 0.25) is 10.0 Å². The summed E-state index contributed by atoms with van der Waals surface area (Å²) in [5.74, 6) is 5.68. The summed E-state index contributed by atoms with van der Waals surface area (Å²) < 4.78 is 26.6. The number of aliphatic hydroxyl groups is 1. The molecule has 0 radical (unpaired) electrons. The van der Waals surface area contributed by atoms with E-state index in [1.54, 1.807) is 25.2 Å². The fourth-order valence-electron chi connectivity index (χ4n) is 1.83. The van der Waals surface area contributed by atoms with E-state index >= 15 is 0 Å². The molecule has 0 heterocycles. The van der Waals surface area contributed by atoms with Crippen LogP contribution in [0.5, 0.6) is 0 Å². The standard InChI is InChI=1S/C16H23NO3S/c1-13(2)9-10-17(4)21(19,20)16-8-7-14(3)12-15(16)6-5-11-18/h7-8,12-13,18H,9-11H2,1-4H3. The fourth-order valence-corrected chi connectivity index (χ4v) is 3.14. The quantitative estimate of drug-likeness (QED) is 0.847. The van der Waals surface area contributed by atoms with Gasteiger partial charge in [0.1, 0.15) is 6.61 Å². The number of hydrogen-bond acceptors (Lipinski definition) is 3. The molecule has 0 saturated heterocycles. The molecule has 1 aromatic rings. The van der Waals surface area contributed by atoms with E-state index in [9.17, 15) is 8.42 Å². The lowest BCUT2D eigenvalue weighted by molar-refractivity contribution is 0.350. The van der Waals surface area contributed by atoms with Crippen molar-refractivity contribution in [2.75, 3.05) is 20.2 Å². The molecule has 21 heavy (non-hydrogen) atoms.